The number of hydrogen-bond donors (Lipinski definition) is 1. The van der Waals surface area contributed by atoms with Crippen LogP contribution in [0.2, 0.25) is 0 Å². The van der Waals surface area contributed by atoms with Crippen molar-refractivity contribution in [3.8, 4) is 22.2 Å². The molecular weight excluding hydrogens is 384 g/mol. The molecule has 0 radical (unpaired) electrons. The topological polar surface area (TPSA) is 129 Å². The molecule has 3 aromatic heterocycles. The Hall–Kier alpha value is -3.86. The van der Waals surface area contributed by atoms with E-state index >= 15 is 0 Å². The van der Waals surface area contributed by atoms with Crippen LogP contribution in [0.1, 0.15) is 0 Å². The van der Waals surface area contributed by atoms with Gasteiger partial charge in [0, 0.05) is 11.3 Å². The quantitative estimate of drug-likeness (QED) is 0.391. The van der Waals surface area contributed by atoms with Crippen molar-refractivity contribution < 1.29 is 14.2 Å². The molecule has 1 N–H and O–H groups in total. The molecule has 1 amide bonds. The number of nitrogens with zero attached hydrogens (tertiary/aromatic N) is 5. The molecule has 4 rings (SSSR count). The molecule has 0 saturated heterocycles. The summed E-state index contributed by atoms with van der Waals surface area (Å²) in [7, 11) is 0. The van der Waals surface area contributed by atoms with Crippen molar-refractivity contribution in [2.75, 3.05) is 5.32 Å². The van der Waals surface area contributed by atoms with Crippen molar-refractivity contribution in [1.29, 1.82) is 0 Å². The van der Waals surface area contributed by atoms with Gasteiger partial charge < -0.3 is 9.84 Å². The van der Waals surface area contributed by atoms with Crippen molar-refractivity contribution in [2.45, 2.75) is 6.54 Å². The highest BCUT2D eigenvalue weighted by atomic mass is 32.1. The van der Waals surface area contributed by atoms with Gasteiger partial charge in [-0.25, -0.2) is 0 Å². The minimum atomic E-state index is -0.568. The van der Waals surface area contributed by atoms with E-state index in [-0.39, 0.29) is 18.1 Å². The van der Waals surface area contributed by atoms with Gasteiger partial charge in [0.05, 0.1) is 9.80 Å². The molecule has 0 bridgehead atoms. The number of nitro groups is 1. The van der Waals surface area contributed by atoms with Crippen LogP contribution >= 0.6 is 11.3 Å². The number of hydrogen-bond acceptors (Lipinski definition) is 8. The molecule has 140 valence electrons. The van der Waals surface area contributed by atoms with Gasteiger partial charge in [-0.1, -0.05) is 11.2 Å². The highest BCUT2D eigenvalue weighted by molar-refractivity contribution is 7.13. The lowest BCUT2D eigenvalue weighted by Gasteiger charge is -2.05. The number of benzene rings is 1. The first-order valence-corrected chi connectivity index (χ1v) is 8.91. The number of aromatic nitrogens is 4. The monoisotopic (exact) mass is 396 g/mol. The fourth-order valence-electron chi connectivity index (χ4n) is 2.42. The second kappa shape index (κ2) is 7.40. The van der Waals surface area contributed by atoms with E-state index in [2.05, 4.69) is 20.6 Å². The lowest BCUT2D eigenvalue weighted by atomic mass is 10.2. The molecule has 0 aliphatic rings. The van der Waals surface area contributed by atoms with E-state index in [1.165, 1.54) is 22.2 Å². The third-order valence-electron chi connectivity index (χ3n) is 3.72. The maximum atomic E-state index is 12.1. The van der Waals surface area contributed by atoms with Crippen LogP contribution in [0.5, 0.6) is 0 Å². The van der Waals surface area contributed by atoms with Gasteiger partial charge in [-0.05, 0) is 35.7 Å². The molecule has 4 aromatic rings. The van der Waals surface area contributed by atoms with E-state index in [9.17, 15) is 14.9 Å². The summed E-state index contributed by atoms with van der Waals surface area (Å²) < 4.78 is 6.47. The van der Waals surface area contributed by atoms with Crippen LogP contribution in [-0.4, -0.2) is 30.8 Å². The van der Waals surface area contributed by atoms with Crippen LogP contribution in [0.25, 0.3) is 22.2 Å². The van der Waals surface area contributed by atoms with Crippen LogP contribution in [-0.2, 0) is 11.3 Å². The van der Waals surface area contributed by atoms with E-state index in [1.54, 1.807) is 24.3 Å². The Morgan fingerprint density at radius 1 is 1.29 bits per heavy atom. The van der Waals surface area contributed by atoms with Crippen LogP contribution in [0, 0.1) is 10.1 Å². The molecule has 11 heteroatoms. The first-order valence-electron chi connectivity index (χ1n) is 8.03. The second-order valence-electron chi connectivity index (χ2n) is 5.68. The molecule has 0 spiro atoms. The maximum Gasteiger partial charge on any atom is 0.307 e. The number of carbonyl (C=O) groups excluding carboxylic acids is 1. The Balaban J connectivity index is 1.40. The Morgan fingerprint density at radius 2 is 2.11 bits per heavy atom. The van der Waals surface area contributed by atoms with Gasteiger partial charge in [-0.15, -0.1) is 11.3 Å². The zero-order valence-electron chi connectivity index (χ0n) is 14.2. The van der Waals surface area contributed by atoms with Crippen LogP contribution < -0.4 is 5.32 Å². The molecule has 0 saturated carbocycles. The molecule has 0 unspecified atom stereocenters. The van der Waals surface area contributed by atoms with Crippen LogP contribution in [0.3, 0.4) is 0 Å². The largest absolute Gasteiger partial charge is 0.333 e. The van der Waals surface area contributed by atoms with Gasteiger partial charge in [0.2, 0.25) is 11.7 Å². The summed E-state index contributed by atoms with van der Waals surface area (Å²) in [6, 6.07) is 10.7. The highest BCUT2D eigenvalue weighted by Gasteiger charge is 2.13. The van der Waals surface area contributed by atoms with Gasteiger partial charge in [-0.3, -0.25) is 19.6 Å². The Kier molecular flexibility index (Phi) is 4.64. The fraction of sp³-hybridized carbons (Fsp3) is 0.0588. The molecular formula is C17H12N6O4S. The highest BCUT2D eigenvalue weighted by Crippen LogP contribution is 2.26. The lowest BCUT2D eigenvalue weighted by Crippen LogP contribution is -2.18. The number of rotatable bonds is 6. The average Bonchev–Trinajstić information content (AvgIpc) is 3.43. The predicted molar refractivity (Wildman–Crippen MR) is 101 cm³/mol. The van der Waals surface area contributed by atoms with Crippen molar-refractivity contribution in [2.24, 2.45) is 0 Å². The van der Waals surface area contributed by atoms with Gasteiger partial charge in [0.15, 0.2) is 0 Å². The molecule has 0 aliphatic heterocycles. The first-order chi connectivity index (χ1) is 13.6. The smallest absolute Gasteiger partial charge is 0.307 e. The normalized spacial score (nSPS) is 10.7. The number of amides is 1. The summed E-state index contributed by atoms with van der Waals surface area (Å²) in [6.07, 6.45) is 2.29. The minimum absolute atomic E-state index is 0.134. The Bertz CT molecular complexity index is 1120. The summed E-state index contributed by atoms with van der Waals surface area (Å²) in [5.41, 5.74) is 1.14. The van der Waals surface area contributed by atoms with E-state index in [0.29, 0.717) is 17.4 Å². The van der Waals surface area contributed by atoms with E-state index in [1.807, 2.05) is 17.5 Å². The van der Waals surface area contributed by atoms with Gasteiger partial charge in [-0.2, -0.15) is 10.1 Å². The summed E-state index contributed by atoms with van der Waals surface area (Å²) in [5, 5.41) is 23.0. The van der Waals surface area contributed by atoms with E-state index < -0.39 is 4.92 Å². The summed E-state index contributed by atoms with van der Waals surface area (Å²) >= 11 is 1.51. The molecule has 1 aromatic carbocycles. The Morgan fingerprint density at radius 3 is 2.79 bits per heavy atom. The molecule has 0 atom stereocenters. The number of thiophene rings is 1. The van der Waals surface area contributed by atoms with E-state index in [4.69, 9.17) is 4.52 Å². The first kappa shape index (κ1) is 17.5. The fourth-order valence-corrected chi connectivity index (χ4v) is 3.07. The van der Waals surface area contributed by atoms with Crippen molar-refractivity contribution in [3.63, 3.8) is 0 Å². The third kappa shape index (κ3) is 3.78. The summed E-state index contributed by atoms with van der Waals surface area (Å²) in [4.78, 5) is 27.4. The van der Waals surface area contributed by atoms with E-state index in [0.717, 1.165) is 16.6 Å². The molecule has 10 nitrogen and oxygen atoms in total. The minimum Gasteiger partial charge on any atom is -0.333 e. The zero-order valence-corrected chi connectivity index (χ0v) is 15.0. The van der Waals surface area contributed by atoms with Crippen LogP contribution in [0.4, 0.5) is 11.4 Å². The SMILES string of the molecule is O=C(Cn1cc([N+](=O)[O-])cn1)Nc1ccc(-c2noc(-c3cccs3)n2)cc1. The summed E-state index contributed by atoms with van der Waals surface area (Å²) in [5.74, 6) is 0.547. The van der Waals surface area contributed by atoms with Gasteiger partial charge >= 0.3 is 5.69 Å². The predicted octanol–water partition coefficient (Wildman–Crippen LogP) is 3.21. The second-order valence-corrected chi connectivity index (χ2v) is 6.63. The molecule has 3 heterocycles. The molecule has 0 aliphatic carbocycles. The van der Waals surface area contributed by atoms with Crippen molar-refractivity contribution in [1.82, 2.24) is 19.9 Å². The summed E-state index contributed by atoms with van der Waals surface area (Å²) in [6.45, 7) is -0.134. The number of anilines is 1. The third-order valence-corrected chi connectivity index (χ3v) is 4.58. The molecule has 28 heavy (non-hydrogen) atoms. The van der Waals surface area contributed by atoms with Gasteiger partial charge in [0.25, 0.3) is 5.89 Å². The average molecular weight is 396 g/mol. The van der Waals surface area contributed by atoms with Crippen LogP contribution in [0.15, 0.2) is 58.7 Å². The number of carbonyl (C=O) groups is 1. The van der Waals surface area contributed by atoms with Crippen molar-refractivity contribution >= 4 is 28.6 Å². The lowest BCUT2D eigenvalue weighted by molar-refractivity contribution is -0.385. The maximum absolute atomic E-state index is 12.1. The van der Waals surface area contributed by atoms with Gasteiger partial charge in [0.1, 0.15) is 18.9 Å². The number of nitrogens with one attached hydrogen (secondary N) is 1. The standard InChI is InChI=1S/C17H12N6O4S/c24-15(10-22-9-13(8-18-22)23(25)26)19-12-5-3-11(4-6-12)16-20-17(27-21-16)14-2-1-7-28-14/h1-9H,10H2,(H,19,24). The Labute approximate surface area is 161 Å². The molecule has 0 fully saturated rings. The van der Waals surface area contributed by atoms with Crippen molar-refractivity contribution in [3.05, 3.63) is 64.3 Å². The zero-order chi connectivity index (χ0) is 19.5.